The van der Waals surface area contributed by atoms with Crippen LogP contribution in [-0.2, 0) is 9.47 Å². The number of nitrogens with one attached hydrogen (secondary N) is 1. The number of hydrogen-bond donors (Lipinski definition) is 1. The lowest BCUT2D eigenvalue weighted by Gasteiger charge is -2.35. The fourth-order valence-electron chi connectivity index (χ4n) is 4.23. The van der Waals surface area contributed by atoms with E-state index in [1.807, 2.05) is 7.11 Å². The second-order valence-corrected chi connectivity index (χ2v) is 6.83. The first-order valence-electron chi connectivity index (χ1n) is 9.23. The molecule has 3 atom stereocenters. The summed E-state index contributed by atoms with van der Waals surface area (Å²) in [6.07, 6.45) is 14.1. The summed E-state index contributed by atoms with van der Waals surface area (Å²) in [4.78, 5) is 0. The van der Waals surface area contributed by atoms with Crippen LogP contribution in [0.2, 0.25) is 0 Å². The normalized spacial score (nSPS) is 26.9. The maximum Gasteiger partial charge on any atom is 0.0752 e. The lowest BCUT2D eigenvalue weighted by molar-refractivity contribution is 0.00475. The summed E-state index contributed by atoms with van der Waals surface area (Å²) in [5.74, 6) is 0.760. The maximum absolute atomic E-state index is 5.93. The first-order chi connectivity index (χ1) is 10.3. The zero-order chi connectivity index (χ0) is 14.9. The van der Waals surface area contributed by atoms with Gasteiger partial charge in [-0.1, -0.05) is 26.2 Å². The molecular formula is C18H35NO2. The van der Waals surface area contributed by atoms with E-state index in [1.54, 1.807) is 0 Å². The fraction of sp³-hybridized carbons (Fsp3) is 1.00. The van der Waals surface area contributed by atoms with Crippen molar-refractivity contribution in [2.75, 3.05) is 20.3 Å². The van der Waals surface area contributed by atoms with Gasteiger partial charge in [0.1, 0.15) is 0 Å². The molecule has 3 heteroatoms. The van der Waals surface area contributed by atoms with Crippen molar-refractivity contribution < 1.29 is 9.47 Å². The van der Waals surface area contributed by atoms with Crippen LogP contribution in [0.15, 0.2) is 0 Å². The van der Waals surface area contributed by atoms with Crippen LogP contribution in [0, 0.1) is 5.92 Å². The van der Waals surface area contributed by atoms with Crippen molar-refractivity contribution in [1.82, 2.24) is 5.32 Å². The Labute approximate surface area is 131 Å². The first-order valence-corrected chi connectivity index (χ1v) is 9.23. The smallest absolute Gasteiger partial charge is 0.0752 e. The summed E-state index contributed by atoms with van der Waals surface area (Å²) >= 11 is 0. The number of likely N-dealkylation sites (N-methyl/N-ethyl adjacent to an activating group) is 1. The highest BCUT2D eigenvalue weighted by Crippen LogP contribution is 2.30. The Hall–Kier alpha value is -0.120. The Morgan fingerprint density at radius 3 is 2.57 bits per heavy atom. The van der Waals surface area contributed by atoms with Crippen molar-refractivity contribution in [2.45, 2.75) is 89.4 Å². The van der Waals surface area contributed by atoms with Crippen molar-refractivity contribution in [2.24, 2.45) is 5.92 Å². The Balaban J connectivity index is 1.79. The molecule has 1 heterocycles. The standard InChI is InChI=1S/C18H35NO2/c1-3-19-17(13-7-11-16-12-8-14-21-16)18(20-2)15-9-5-4-6-10-15/h15-19H,3-14H2,1-2H3. The van der Waals surface area contributed by atoms with Gasteiger partial charge in [-0.25, -0.2) is 0 Å². The molecule has 3 unspecified atom stereocenters. The van der Waals surface area contributed by atoms with Crippen LogP contribution in [0.1, 0.15) is 71.1 Å². The quantitative estimate of drug-likeness (QED) is 0.700. The van der Waals surface area contributed by atoms with Crippen LogP contribution >= 0.6 is 0 Å². The third kappa shape index (κ3) is 5.54. The van der Waals surface area contributed by atoms with Gasteiger partial charge in [0.2, 0.25) is 0 Å². The van der Waals surface area contributed by atoms with Gasteiger partial charge in [-0.3, -0.25) is 0 Å². The lowest BCUT2D eigenvalue weighted by atomic mass is 9.81. The van der Waals surface area contributed by atoms with Gasteiger partial charge in [-0.15, -0.1) is 0 Å². The Kier molecular flexibility index (Phi) is 8.05. The third-order valence-electron chi connectivity index (χ3n) is 5.31. The molecule has 0 aromatic rings. The highest BCUT2D eigenvalue weighted by molar-refractivity contribution is 4.85. The predicted octanol–water partition coefficient (Wildman–Crippen LogP) is 3.91. The van der Waals surface area contributed by atoms with Crippen LogP contribution in [0.4, 0.5) is 0 Å². The SMILES string of the molecule is CCNC(CCCC1CCCO1)C(OC)C1CCCCC1. The van der Waals surface area contributed by atoms with Crippen molar-refractivity contribution in [3.63, 3.8) is 0 Å². The van der Waals surface area contributed by atoms with Gasteiger partial charge in [0, 0.05) is 19.8 Å². The van der Waals surface area contributed by atoms with E-state index in [4.69, 9.17) is 9.47 Å². The summed E-state index contributed by atoms with van der Waals surface area (Å²) in [7, 11) is 1.91. The van der Waals surface area contributed by atoms with Crippen molar-refractivity contribution in [1.29, 1.82) is 0 Å². The second-order valence-electron chi connectivity index (χ2n) is 6.83. The summed E-state index contributed by atoms with van der Waals surface area (Å²) < 4.78 is 11.7. The summed E-state index contributed by atoms with van der Waals surface area (Å²) in [5.41, 5.74) is 0. The Morgan fingerprint density at radius 1 is 1.14 bits per heavy atom. The molecule has 2 rings (SSSR count). The van der Waals surface area contributed by atoms with Gasteiger partial charge >= 0.3 is 0 Å². The maximum atomic E-state index is 5.93. The Morgan fingerprint density at radius 2 is 1.95 bits per heavy atom. The molecule has 0 amide bonds. The molecule has 1 aliphatic heterocycles. The van der Waals surface area contributed by atoms with Crippen molar-refractivity contribution in [3.8, 4) is 0 Å². The van der Waals surface area contributed by atoms with Gasteiger partial charge < -0.3 is 14.8 Å². The predicted molar refractivity (Wildman–Crippen MR) is 87.7 cm³/mol. The molecule has 1 saturated heterocycles. The van der Waals surface area contributed by atoms with Crippen LogP contribution < -0.4 is 5.32 Å². The highest BCUT2D eigenvalue weighted by atomic mass is 16.5. The van der Waals surface area contributed by atoms with E-state index in [0.717, 1.165) is 19.1 Å². The van der Waals surface area contributed by atoms with Crippen LogP contribution in [0.3, 0.4) is 0 Å². The molecule has 0 spiro atoms. The van der Waals surface area contributed by atoms with E-state index in [0.29, 0.717) is 18.2 Å². The molecular weight excluding hydrogens is 262 g/mol. The minimum Gasteiger partial charge on any atom is -0.380 e. The van der Waals surface area contributed by atoms with Crippen molar-refractivity contribution >= 4 is 0 Å². The number of ether oxygens (including phenoxy) is 2. The minimum atomic E-state index is 0.398. The summed E-state index contributed by atoms with van der Waals surface area (Å²) in [6.45, 7) is 4.22. The minimum absolute atomic E-state index is 0.398. The monoisotopic (exact) mass is 297 g/mol. The highest BCUT2D eigenvalue weighted by Gasteiger charge is 2.30. The molecule has 3 nitrogen and oxygen atoms in total. The molecule has 0 aromatic heterocycles. The molecule has 124 valence electrons. The van der Waals surface area contributed by atoms with Crippen molar-refractivity contribution in [3.05, 3.63) is 0 Å². The number of rotatable bonds is 9. The van der Waals surface area contributed by atoms with E-state index in [2.05, 4.69) is 12.2 Å². The van der Waals surface area contributed by atoms with E-state index >= 15 is 0 Å². The van der Waals surface area contributed by atoms with E-state index in [-0.39, 0.29) is 0 Å². The second kappa shape index (κ2) is 9.81. The zero-order valence-corrected chi connectivity index (χ0v) is 14.1. The van der Waals surface area contributed by atoms with Gasteiger partial charge in [-0.2, -0.15) is 0 Å². The summed E-state index contributed by atoms with van der Waals surface area (Å²) in [6, 6.07) is 0.518. The average molecular weight is 297 g/mol. The molecule has 1 saturated carbocycles. The molecule has 0 radical (unpaired) electrons. The van der Waals surface area contributed by atoms with E-state index in [1.165, 1.54) is 64.2 Å². The molecule has 21 heavy (non-hydrogen) atoms. The number of methoxy groups -OCH3 is 1. The largest absolute Gasteiger partial charge is 0.380 e. The third-order valence-corrected chi connectivity index (χ3v) is 5.31. The first kappa shape index (κ1) is 17.2. The molecule has 0 aromatic carbocycles. The molecule has 1 N–H and O–H groups in total. The van der Waals surface area contributed by atoms with Crippen LogP contribution in [0.25, 0.3) is 0 Å². The molecule has 0 bridgehead atoms. The molecule has 1 aliphatic carbocycles. The van der Waals surface area contributed by atoms with Gasteiger partial charge in [0.25, 0.3) is 0 Å². The van der Waals surface area contributed by atoms with Gasteiger partial charge in [0.05, 0.1) is 12.2 Å². The number of hydrogen-bond acceptors (Lipinski definition) is 3. The summed E-state index contributed by atoms with van der Waals surface area (Å²) in [5, 5.41) is 3.69. The van der Waals surface area contributed by atoms with E-state index in [9.17, 15) is 0 Å². The average Bonchev–Trinajstić information content (AvgIpc) is 3.02. The van der Waals surface area contributed by atoms with E-state index < -0.39 is 0 Å². The lowest BCUT2D eigenvalue weighted by Crippen LogP contribution is -2.45. The Bertz CT molecular complexity index is 260. The molecule has 2 fully saturated rings. The van der Waals surface area contributed by atoms with Crippen LogP contribution in [-0.4, -0.2) is 38.5 Å². The topological polar surface area (TPSA) is 30.5 Å². The van der Waals surface area contributed by atoms with Crippen LogP contribution in [0.5, 0.6) is 0 Å². The molecule has 2 aliphatic rings. The van der Waals surface area contributed by atoms with Gasteiger partial charge in [-0.05, 0) is 57.4 Å². The van der Waals surface area contributed by atoms with Gasteiger partial charge in [0.15, 0.2) is 0 Å². The zero-order valence-electron chi connectivity index (χ0n) is 14.1. The fourth-order valence-corrected chi connectivity index (χ4v) is 4.23.